The SMILES string of the molecule is CC(O)C(=O)CCc1ccc2c(c1)CCO2. The van der Waals surface area contributed by atoms with E-state index in [0.29, 0.717) is 12.8 Å². The number of aryl methyl sites for hydroxylation is 1. The molecule has 0 fully saturated rings. The highest BCUT2D eigenvalue weighted by Crippen LogP contribution is 2.26. The van der Waals surface area contributed by atoms with Crippen molar-refractivity contribution in [2.75, 3.05) is 6.61 Å². The number of ketones is 1. The Morgan fingerprint density at radius 1 is 1.56 bits per heavy atom. The fraction of sp³-hybridized carbons (Fsp3) is 0.462. The minimum Gasteiger partial charge on any atom is -0.493 e. The third-order valence-electron chi connectivity index (χ3n) is 2.88. The Labute approximate surface area is 95.0 Å². The van der Waals surface area contributed by atoms with Crippen LogP contribution in [0.4, 0.5) is 0 Å². The van der Waals surface area contributed by atoms with Gasteiger partial charge < -0.3 is 9.84 Å². The Morgan fingerprint density at radius 2 is 2.38 bits per heavy atom. The molecule has 3 nitrogen and oxygen atoms in total. The quantitative estimate of drug-likeness (QED) is 0.836. The number of ether oxygens (including phenoxy) is 1. The molecule has 1 aliphatic rings. The zero-order valence-corrected chi connectivity index (χ0v) is 9.40. The van der Waals surface area contributed by atoms with Crippen molar-refractivity contribution in [3.05, 3.63) is 29.3 Å². The largest absolute Gasteiger partial charge is 0.493 e. The Morgan fingerprint density at radius 3 is 3.12 bits per heavy atom. The lowest BCUT2D eigenvalue weighted by atomic mass is 10.0. The number of carbonyl (C=O) groups is 1. The van der Waals surface area contributed by atoms with Gasteiger partial charge in [-0.05, 0) is 30.5 Å². The molecule has 0 radical (unpaired) electrons. The number of rotatable bonds is 4. The van der Waals surface area contributed by atoms with E-state index in [9.17, 15) is 4.79 Å². The van der Waals surface area contributed by atoms with Crippen LogP contribution in [0.5, 0.6) is 5.75 Å². The summed E-state index contributed by atoms with van der Waals surface area (Å²) < 4.78 is 5.41. The van der Waals surface area contributed by atoms with Crippen molar-refractivity contribution < 1.29 is 14.6 Å². The number of Topliss-reactive ketones (excluding diaryl/α,β-unsaturated/α-hetero) is 1. The van der Waals surface area contributed by atoms with Gasteiger partial charge in [0.05, 0.1) is 6.61 Å². The first kappa shape index (κ1) is 11.1. The van der Waals surface area contributed by atoms with E-state index < -0.39 is 6.10 Å². The van der Waals surface area contributed by atoms with Gasteiger partial charge in [-0.25, -0.2) is 0 Å². The minimum absolute atomic E-state index is 0.100. The number of fused-ring (bicyclic) bond motifs is 1. The number of benzene rings is 1. The van der Waals surface area contributed by atoms with Crippen LogP contribution in [0.2, 0.25) is 0 Å². The molecule has 1 atom stereocenters. The van der Waals surface area contributed by atoms with Crippen LogP contribution in [-0.4, -0.2) is 23.6 Å². The summed E-state index contributed by atoms with van der Waals surface area (Å²) in [5, 5.41) is 9.08. The summed E-state index contributed by atoms with van der Waals surface area (Å²) in [7, 11) is 0. The van der Waals surface area contributed by atoms with Crippen LogP contribution in [0.15, 0.2) is 18.2 Å². The van der Waals surface area contributed by atoms with E-state index in [1.165, 1.54) is 12.5 Å². The fourth-order valence-corrected chi connectivity index (χ4v) is 1.87. The standard InChI is InChI=1S/C13H16O3/c1-9(14)12(15)4-2-10-3-5-13-11(8-10)6-7-16-13/h3,5,8-9,14H,2,4,6-7H2,1H3. The number of hydrogen-bond acceptors (Lipinski definition) is 3. The lowest BCUT2D eigenvalue weighted by Crippen LogP contribution is -2.16. The highest BCUT2D eigenvalue weighted by Gasteiger charge is 2.13. The molecule has 1 aromatic carbocycles. The van der Waals surface area contributed by atoms with Crippen molar-refractivity contribution in [3.8, 4) is 5.75 Å². The summed E-state index contributed by atoms with van der Waals surface area (Å²) in [5.74, 6) is 0.863. The molecule has 0 aromatic heterocycles. The maximum absolute atomic E-state index is 11.3. The van der Waals surface area contributed by atoms with Crippen molar-refractivity contribution in [1.82, 2.24) is 0 Å². The van der Waals surface area contributed by atoms with Crippen molar-refractivity contribution in [3.63, 3.8) is 0 Å². The molecule has 2 rings (SSSR count). The molecule has 3 heteroatoms. The second kappa shape index (κ2) is 4.66. The van der Waals surface area contributed by atoms with Crippen molar-refractivity contribution in [1.29, 1.82) is 0 Å². The molecule has 0 aliphatic carbocycles. The van der Waals surface area contributed by atoms with Gasteiger partial charge in [0.25, 0.3) is 0 Å². The molecule has 1 aliphatic heterocycles. The number of hydrogen-bond donors (Lipinski definition) is 1. The summed E-state index contributed by atoms with van der Waals surface area (Å²) in [6, 6.07) is 6.04. The van der Waals surface area contributed by atoms with Crippen molar-refractivity contribution in [2.45, 2.75) is 32.3 Å². The van der Waals surface area contributed by atoms with E-state index in [2.05, 4.69) is 6.07 Å². The first-order valence-corrected chi connectivity index (χ1v) is 5.62. The van der Waals surface area contributed by atoms with Crippen LogP contribution in [0.25, 0.3) is 0 Å². The average Bonchev–Trinajstić information content (AvgIpc) is 2.72. The summed E-state index contributed by atoms with van der Waals surface area (Å²) in [4.78, 5) is 11.3. The van der Waals surface area contributed by atoms with Crippen LogP contribution in [-0.2, 0) is 17.6 Å². The molecule has 86 valence electrons. The zero-order valence-electron chi connectivity index (χ0n) is 9.40. The summed E-state index contributed by atoms with van der Waals surface area (Å²) >= 11 is 0. The van der Waals surface area contributed by atoms with E-state index >= 15 is 0 Å². The second-order valence-electron chi connectivity index (χ2n) is 4.18. The lowest BCUT2D eigenvalue weighted by Gasteiger charge is -2.05. The summed E-state index contributed by atoms with van der Waals surface area (Å²) in [5.41, 5.74) is 2.36. The fourth-order valence-electron chi connectivity index (χ4n) is 1.87. The van der Waals surface area contributed by atoms with Gasteiger partial charge in [0, 0.05) is 12.8 Å². The van der Waals surface area contributed by atoms with Crippen LogP contribution in [0, 0.1) is 0 Å². The monoisotopic (exact) mass is 220 g/mol. The van der Waals surface area contributed by atoms with Crippen LogP contribution < -0.4 is 4.74 Å². The molecule has 0 amide bonds. The molecule has 16 heavy (non-hydrogen) atoms. The lowest BCUT2D eigenvalue weighted by molar-refractivity contribution is -0.126. The normalized spacial score (nSPS) is 15.4. The van der Waals surface area contributed by atoms with Gasteiger partial charge in [0.15, 0.2) is 5.78 Å². The van der Waals surface area contributed by atoms with Crippen molar-refractivity contribution >= 4 is 5.78 Å². The van der Waals surface area contributed by atoms with Gasteiger partial charge in [-0.2, -0.15) is 0 Å². The molecule has 1 unspecified atom stereocenters. The summed E-state index contributed by atoms with van der Waals surface area (Å²) in [6.07, 6.45) is 1.19. The van der Waals surface area contributed by atoms with E-state index in [0.717, 1.165) is 24.3 Å². The molecular weight excluding hydrogens is 204 g/mol. The third kappa shape index (κ3) is 2.42. The molecule has 1 heterocycles. The molecule has 0 saturated heterocycles. The van der Waals surface area contributed by atoms with Crippen LogP contribution in [0.3, 0.4) is 0 Å². The van der Waals surface area contributed by atoms with Crippen molar-refractivity contribution in [2.24, 2.45) is 0 Å². The highest BCUT2D eigenvalue weighted by molar-refractivity contribution is 5.82. The van der Waals surface area contributed by atoms with Gasteiger partial charge in [-0.3, -0.25) is 4.79 Å². The number of aliphatic hydroxyl groups excluding tert-OH is 1. The van der Waals surface area contributed by atoms with Gasteiger partial charge >= 0.3 is 0 Å². The predicted octanol–water partition coefficient (Wildman–Crippen LogP) is 1.50. The maximum atomic E-state index is 11.3. The zero-order chi connectivity index (χ0) is 11.5. The Bertz CT molecular complexity index is 396. The molecule has 1 aromatic rings. The predicted molar refractivity (Wildman–Crippen MR) is 60.6 cm³/mol. The topological polar surface area (TPSA) is 46.5 Å². The minimum atomic E-state index is -0.849. The molecule has 0 bridgehead atoms. The van der Waals surface area contributed by atoms with Crippen LogP contribution >= 0.6 is 0 Å². The Kier molecular flexibility index (Phi) is 3.25. The van der Waals surface area contributed by atoms with Gasteiger partial charge in [0.2, 0.25) is 0 Å². The van der Waals surface area contributed by atoms with E-state index in [1.807, 2.05) is 12.1 Å². The van der Waals surface area contributed by atoms with Gasteiger partial charge in [-0.15, -0.1) is 0 Å². The third-order valence-corrected chi connectivity index (χ3v) is 2.88. The first-order valence-electron chi connectivity index (χ1n) is 5.62. The smallest absolute Gasteiger partial charge is 0.161 e. The first-order chi connectivity index (χ1) is 7.66. The van der Waals surface area contributed by atoms with E-state index in [1.54, 1.807) is 0 Å². The second-order valence-corrected chi connectivity index (χ2v) is 4.18. The maximum Gasteiger partial charge on any atom is 0.161 e. The molecule has 0 saturated carbocycles. The number of carbonyl (C=O) groups excluding carboxylic acids is 1. The Hall–Kier alpha value is -1.35. The molecule has 0 spiro atoms. The Balaban J connectivity index is 1.98. The number of aliphatic hydroxyl groups is 1. The molecular formula is C13H16O3. The average molecular weight is 220 g/mol. The van der Waals surface area contributed by atoms with Crippen LogP contribution in [0.1, 0.15) is 24.5 Å². The van der Waals surface area contributed by atoms with Gasteiger partial charge in [-0.1, -0.05) is 12.1 Å². The summed E-state index contributed by atoms with van der Waals surface area (Å²) in [6.45, 7) is 2.27. The molecule has 1 N–H and O–H groups in total. The highest BCUT2D eigenvalue weighted by atomic mass is 16.5. The van der Waals surface area contributed by atoms with E-state index in [4.69, 9.17) is 9.84 Å². The van der Waals surface area contributed by atoms with Gasteiger partial charge in [0.1, 0.15) is 11.9 Å². The van der Waals surface area contributed by atoms with E-state index in [-0.39, 0.29) is 5.78 Å².